The Morgan fingerprint density at radius 2 is 1.64 bits per heavy atom. The molecule has 0 saturated carbocycles. The number of nitrogens with two attached hydrogens (primary N) is 2. The summed E-state index contributed by atoms with van der Waals surface area (Å²) in [4.78, 5) is -0.909. The van der Waals surface area contributed by atoms with Crippen molar-refractivity contribution < 1.29 is 29.8 Å². The Morgan fingerprint density at radius 3 is 2.14 bits per heavy atom. The van der Waals surface area contributed by atoms with E-state index >= 15 is 0 Å². The largest absolute Gasteiger partial charge is 0.740 e. The van der Waals surface area contributed by atoms with E-state index in [1.54, 1.807) is 0 Å². The Kier molecular flexibility index (Phi) is 4.25. The highest BCUT2D eigenvalue weighted by Gasteiger charge is 2.19. The zero-order chi connectivity index (χ0) is 16.7. The topological polar surface area (TPSA) is 170 Å². The quantitative estimate of drug-likeness (QED) is 0.675. The summed E-state index contributed by atoms with van der Waals surface area (Å²) >= 11 is -3.00. The SMILES string of the molecule is NS(=O)(=O)c1cc(OS(=O)[O-])c2cccc(S(N)(=O)=O)c2c1. The van der Waals surface area contributed by atoms with Crippen molar-refractivity contribution in [2.24, 2.45) is 10.3 Å². The molecule has 0 bridgehead atoms. The molecule has 0 aliphatic rings. The number of fused-ring (bicyclic) bond motifs is 1. The number of rotatable bonds is 4. The first-order chi connectivity index (χ1) is 10.00. The van der Waals surface area contributed by atoms with E-state index in [1.165, 1.54) is 12.1 Å². The van der Waals surface area contributed by atoms with Gasteiger partial charge in [0, 0.05) is 16.8 Å². The van der Waals surface area contributed by atoms with Gasteiger partial charge in [0.2, 0.25) is 20.0 Å². The standard InChI is InChI=1S/C10H10N2O7S3/c11-21(15,16)6-4-8-7(9(5-6)19-20(13)14)2-1-3-10(8)22(12,17)18/h1-5H,(H,13,14)(H2,11,15,16)(H2,12,17,18)/p-1. The third-order valence-electron chi connectivity index (χ3n) is 2.68. The van der Waals surface area contributed by atoms with Crippen molar-refractivity contribution in [3.63, 3.8) is 0 Å². The maximum Gasteiger partial charge on any atom is 0.238 e. The van der Waals surface area contributed by atoms with Gasteiger partial charge in [-0.2, -0.15) is 0 Å². The summed E-state index contributed by atoms with van der Waals surface area (Å²) in [7, 11) is -8.41. The van der Waals surface area contributed by atoms with Gasteiger partial charge in [0.15, 0.2) is 0 Å². The summed E-state index contributed by atoms with van der Waals surface area (Å²) in [5.41, 5.74) is 0. The fourth-order valence-electron chi connectivity index (χ4n) is 1.85. The second-order valence-corrected chi connectivity index (χ2v) is 7.82. The Morgan fingerprint density at radius 1 is 1.00 bits per heavy atom. The van der Waals surface area contributed by atoms with Crippen molar-refractivity contribution in [2.45, 2.75) is 9.79 Å². The van der Waals surface area contributed by atoms with Crippen LogP contribution >= 0.6 is 0 Å². The van der Waals surface area contributed by atoms with E-state index in [9.17, 15) is 25.6 Å². The summed E-state index contributed by atoms with van der Waals surface area (Å²) in [5.74, 6) is -0.389. The molecule has 0 spiro atoms. The minimum atomic E-state index is -4.23. The Hall–Kier alpha value is -1.57. The third-order valence-corrected chi connectivity index (χ3v) is 4.86. The van der Waals surface area contributed by atoms with E-state index in [-0.39, 0.29) is 16.5 Å². The van der Waals surface area contributed by atoms with Crippen LogP contribution in [0.25, 0.3) is 10.8 Å². The summed E-state index contributed by atoms with van der Waals surface area (Å²) in [5, 5.41) is 9.97. The van der Waals surface area contributed by atoms with Crippen molar-refractivity contribution in [1.29, 1.82) is 0 Å². The normalized spacial score (nSPS) is 14.0. The molecule has 120 valence electrons. The molecule has 4 N–H and O–H groups in total. The first-order valence-corrected chi connectivity index (χ1v) is 9.49. The molecule has 0 aliphatic heterocycles. The van der Waals surface area contributed by atoms with Gasteiger partial charge in [-0.05, 0) is 12.1 Å². The van der Waals surface area contributed by atoms with Gasteiger partial charge in [0.05, 0.1) is 9.79 Å². The Bertz CT molecular complexity index is 983. The fourth-order valence-corrected chi connectivity index (χ4v) is 3.43. The van der Waals surface area contributed by atoms with Gasteiger partial charge in [-0.15, -0.1) is 0 Å². The predicted molar refractivity (Wildman–Crippen MR) is 76.2 cm³/mol. The first-order valence-electron chi connectivity index (χ1n) is 5.40. The lowest BCUT2D eigenvalue weighted by Gasteiger charge is -2.13. The van der Waals surface area contributed by atoms with Gasteiger partial charge in [0.25, 0.3) is 0 Å². The zero-order valence-corrected chi connectivity index (χ0v) is 13.1. The molecule has 9 nitrogen and oxygen atoms in total. The maximum absolute atomic E-state index is 11.6. The minimum absolute atomic E-state index is 0.0446. The van der Waals surface area contributed by atoms with Crippen LogP contribution in [-0.4, -0.2) is 25.6 Å². The van der Waals surface area contributed by atoms with Crippen LogP contribution in [0.4, 0.5) is 0 Å². The molecule has 0 heterocycles. The summed E-state index contributed by atoms with van der Waals surface area (Å²) < 4.78 is 72.0. The zero-order valence-electron chi connectivity index (χ0n) is 10.6. The molecular weight excluding hydrogens is 356 g/mol. The monoisotopic (exact) mass is 365 g/mol. The van der Waals surface area contributed by atoms with E-state index in [1.807, 2.05) is 0 Å². The van der Waals surface area contributed by atoms with Crippen LogP contribution in [0.3, 0.4) is 0 Å². The van der Waals surface area contributed by atoms with Gasteiger partial charge in [0.1, 0.15) is 17.1 Å². The molecule has 0 saturated heterocycles. The molecular formula is C10H9N2O7S3-. The van der Waals surface area contributed by atoms with Crippen LogP contribution < -0.4 is 14.5 Å². The lowest BCUT2D eigenvalue weighted by atomic mass is 10.1. The maximum atomic E-state index is 11.6. The molecule has 1 unspecified atom stereocenters. The van der Waals surface area contributed by atoms with Crippen LogP contribution in [0.1, 0.15) is 0 Å². The number of hydrogen-bond acceptors (Lipinski definition) is 7. The molecule has 0 amide bonds. The van der Waals surface area contributed by atoms with Crippen molar-refractivity contribution in [3.8, 4) is 5.75 Å². The minimum Gasteiger partial charge on any atom is -0.740 e. The molecule has 2 rings (SSSR count). The molecule has 0 aromatic heterocycles. The Labute approximate surface area is 128 Å². The molecule has 2 aromatic carbocycles. The van der Waals surface area contributed by atoms with E-state index in [4.69, 9.17) is 10.3 Å². The molecule has 1 atom stereocenters. The van der Waals surface area contributed by atoms with Crippen LogP contribution in [0, 0.1) is 0 Å². The summed E-state index contributed by atoms with van der Waals surface area (Å²) in [6, 6.07) is 5.65. The van der Waals surface area contributed by atoms with Gasteiger partial charge in [-0.3, -0.25) is 0 Å². The van der Waals surface area contributed by atoms with Crippen molar-refractivity contribution in [3.05, 3.63) is 30.3 Å². The second kappa shape index (κ2) is 5.57. The number of benzene rings is 2. The fraction of sp³-hybridized carbons (Fsp3) is 0. The van der Waals surface area contributed by atoms with Gasteiger partial charge in [-0.1, -0.05) is 12.1 Å². The average Bonchev–Trinajstić information content (AvgIpc) is 2.34. The van der Waals surface area contributed by atoms with E-state index < -0.39 is 41.2 Å². The molecule has 0 fully saturated rings. The van der Waals surface area contributed by atoms with Crippen LogP contribution in [0.15, 0.2) is 40.1 Å². The smallest absolute Gasteiger partial charge is 0.238 e. The van der Waals surface area contributed by atoms with Crippen LogP contribution in [0.2, 0.25) is 0 Å². The number of sulfonamides is 2. The highest BCUT2D eigenvalue weighted by molar-refractivity contribution is 7.89. The van der Waals surface area contributed by atoms with E-state index in [0.717, 1.165) is 18.2 Å². The van der Waals surface area contributed by atoms with Crippen LogP contribution in [-0.2, 0) is 31.4 Å². The van der Waals surface area contributed by atoms with Crippen molar-refractivity contribution >= 4 is 42.2 Å². The molecule has 12 heteroatoms. The number of primary sulfonamides is 2. The molecule has 0 radical (unpaired) electrons. The van der Waals surface area contributed by atoms with Gasteiger partial charge in [-0.25, -0.2) is 31.3 Å². The number of hydrogen-bond donors (Lipinski definition) is 2. The van der Waals surface area contributed by atoms with Crippen molar-refractivity contribution in [1.82, 2.24) is 0 Å². The lowest BCUT2D eigenvalue weighted by Crippen LogP contribution is -2.15. The first kappa shape index (κ1) is 16.8. The van der Waals surface area contributed by atoms with Crippen LogP contribution in [0.5, 0.6) is 5.75 Å². The average molecular weight is 365 g/mol. The molecule has 22 heavy (non-hydrogen) atoms. The summed E-state index contributed by atoms with van der Waals surface area (Å²) in [6.07, 6.45) is 0. The second-order valence-electron chi connectivity index (χ2n) is 4.15. The van der Waals surface area contributed by atoms with E-state index in [0.29, 0.717) is 0 Å². The molecule has 0 aliphatic carbocycles. The lowest BCUT2D eigenvalue weighted by molar-refractivity contribution is 0.441. The summed E-state index contributed by atoms with van der Waals surface area (Å²) in [6.45, 7) is 0. The highest BCUT2D eigenvalue weighted by atomic mass is 32.2. The molecule has 2 aromatic rings. The van der Waals surface area contributed by atoms with E-state index in [2.05, 4.69) is 4.18 Å². The Balaban J connectivity index is 2.98. The highest BCUT2D eigenvalue weighted by Crippen LogP contribution is 2.33. The van der Waals surface area contributed by atoms with Gasteiger partial charge < -0.3 is 8.74 Å². The predicted octanol–water partition coefficient (Wildman–Crippen LogP) is -0.692. The van der Waals surface area contributed by atoms with Crippen molar-refractivity contribution in [2.75, 3.05) is 0 Å². The van der Waals surface area contributed by atoms with Gasteiger partial charge >= 0.3 is 0 Å². The third kappa shape index (κ3) is 3.43.